The van der Waals surface area contributed by atoms with Crippen molar-refractivity contribution in [3.05, 3.63) is 71.5 Å². The van der Waals surface area contributed by atoms with Crippen molar-refractivity contribution >= 4 is 23.0 Å². The molecule has 2 aromatic carbocycles. The third-order valence-corrected chi connectivity index (χ3v) is 4.29. The maximum Gasteiger partial charge on any atom is 0.274 e. The molecular formula is C21H19N3O3. The van der Waals surface area contributed by atoms with E-state index in [0.29, 0.717) is 11.4 Å². The van der Waals surface area contributed by atoms with Crippen LogP contribution >= 0.6 is 0 Å². The second kappa shape index (κ2) is 6.99. The minimum atomic E-state index is -0.239. The Bertz CT molecular complexity index is 1000. The fourth-order valence-corrected chi connectivity index (χ4v) is 2.88. The molecule has 0 fully saturated rings. The third kappa shape index (κ3) is 3.69. The molecule has 1 amide bonds. The Morgan fingerprint density at radius 3 is 2.56 bits per heavy atom. The number of anilines is 3. The molecule has 0 spiro atoms. The van der Waals surface area contributed by atoms with E-state index in [0.717, 1.165) is 33.9 Å². The zero-order valence-corrected chi connectivity index (χ0v) is 15.1. The number of benzene rings is 2. The minimum absolute atomic E-state index is 0.239. The van der Waals surface area contributed by atoms with Crippen molar-refractivity contribution in [2.75, 3.05) is 17.4 Å². The Morgan fingerprint density at radius 1 is 0.963 bits per heavy atom. The molecule has 1 aromatic heterocycles. The fourth-order valence-electron chi connectivity index (χ4n) is 2.88. The van der Waals surface area contributed by atoms with Gasteiger partial charge in [-0.15, -0.1) is 0 Å². The van der Waals surface area contributed by atoms with Gasteiger partial charge >= 0.3 is 0 Å². The Kier molecular flexibility index (Phi) is 4.38. The molecule has 0 radical (unpaired) electrons. The highest BCUT2D eigenvalue weighted by molar-refractivity contribution is 6.03. The highest BCUT2D eigenvalue weighted by Crippen LogP contribution is 2.35. The largest absolute Gasteiger partial charge is 0.454 e. The molecular weight excluding hydrogens is 342 g/mol. The summed E-state index contributed by atoms with van der Waals surface area (Å²) in [6, 6.07) is 15.0. The summed E-state index contributed by atoms with van der Waals surface area (Å²) < 4.78 is 10.7. The molecule has 6 heteroatoms. The van der Waals surface area contributed by atoms with Gasteiger partial charge < -0.3 is 20.1 Å². The van der Waals surface area contributed by atoms with E-state index in [1.165, 1.54) is 0 Å². The molecule has 0 aliphatic carbocycles. The van der Waals surface area contributed by atoms with Crippen LogP contribution in [0.1, 0.15) is 21.6 Å². The first-order chi connectivity index (χ1) is 13.1. The first kappa shape index (κ1) is 16.9. The molecule has 27 heavy (non-hydrogen) atoms. The molecule has 2 heterocycles. The number of carbonyl (C=O) groups excluding carboxylic acids is 1. The van der Waals surface area contributed by atoms with Crippen molar-refractivity contribution in [1.29, 1.82) is 0 Å². The van der Waals surface area contributed by atoms with E-state index < -0.39 is 0 Å². The average molecular weight is 361 g/mol. The molecule has 0 unspecified atom stereocenters. The molecule has 0 saturated heterocycles. The number of pyridine rings is 1. The first-order valence-electron chi connectivity index (χ1n) is 8.60. The number of carbonyl (C=O) groups is 1. The highest BCUT2D eigenvalue weighted by Gasteiger charge is 2.13. The number of hydrogen-bond acceptors (Lipinski definition) is 5. The summed E-state index contributed by atoms with van der Waals surface area (Å²) >= 11 is 0. The number of ether oxygens (including phenoxy) is 2. The molecule has 4 rings (SSSR count). The van der Waals surface area contributed by atoms with Crippen LogP contribution in [0.15, 0.2) is 54.7 Å². The standard InChI is InChI=1S/C21H19N3O3/c1-13-3-6-17(14(2)9-13)24-21(25)18-7-4-16(11-22-18)23-15-5-8-19-20(10-15)27-12-26-19/h3-11,23H,12H2,1-2H3,(H,24,25). The van der Waals surface area contributed by atoms with Crippen LogP contribution in [0, 0.1) is 13.8 Å². The van der Waals surface area contributed by atoms with E-state index in [2.05, 4.69) is 15.6 Å². The summed E-state index contributed by atoms with van der Waals surface area (Å²) in [6.07, 6.45) is 1.63. The summed E-state index contributed by atoms with van der Waals surface area (Å²) in [5, 5.41) is 6.13. The molecule has 1 aliphatic heterocycles. The SMILES string of the molecule is Cc1ccc(NC(=O)c2ccc(Nc3ccc4c(c3)OCO4)cn2)c(C)c1. The molecule has 6 nitrogen and oxygen atoms in total. The van der Waals surface area contributed by atoms with E-state index in [9.17, 15) is 4.79 Å². The number of amides is 1. The second-order valence-electron chi connectivity index (χ2n) is 6.40. The van der Waals surface area contributed by atoms with Crippen molar-refractivity contribution in [3.8, 4) is 11.5 Å². The quantitative estimate of drug-likeness (QED) is 0.719. The number of rotatable bonds is 4. The van der Waals surface area contributed by atoms with Crippen LogP contribution in [0.5, 0.6) is 11.5 Å². The van der Waals surface area contributed by atoms with Crippen LogP contribution in [0.25, 0.3) is 0 Å². The van der Waals surface area contributed by atoms with Crippen LogP contribution < -0.4 is 20.1 Å². The van der Waals surface area contributed by atoms with Crippen molar-refractivity contribution in [2.24, 2.45) is 0 Å². The zero-order chi connectivity index (χ0) is 18.8. The number of nitrogens with zero attached hydrogens (tertiary/aromatic N) is 1. The minimum Gasteiger partial charge on any atom is -0.454 e. The number of fused-ring (bicyclic) bond motifs is 1. The van der Waals surface area contributed by atoms with Crippen LogP contribution in [-0.4, -0.2) is 17.7 Å². The lowest BCUT2D eigenvalue weighted by atomic mass is 10.1. The number of aromatic nitrogens is 1. The lowest BCUT2D eigenvalue weighted by Crippen LogP contribution is -2.14. The summed E-state index contributed by atoms with van der Waals surface area (Å²) in [5.41, 5.74) is 4.94. The van der Waals surface area contributed by atoms with Crippen molar-refractivity contribution < 1.29 is 14.3 Å². The predicted molar refractivity (Wildman–Crippen MR) is 104 cm³/mol. The van der Waals surface area contributed by atoms with Crippen LogP contribution in [-0.2, 0) is 0 Å². The smallest absolute Gasteiger partial charge is 0.274 e. The van der Waals surface area contributed by atoms with Crippen molar-refractivity contribution in [1.82, 2.24) is 4.98 Å². The molecule has 0 saturated carbocycles. The summed E-state index contributed by atoms with van der Waals surface area (Å²) in [4.78, 5) is 16.7. The van der Waals surface area contributed by atoms with Gasteiger partial charge in [0.15, 0.2) is 11.5 Å². The van der Waals surface area contributed by atoms with Gasteiger partial charge in [-0.2, -0.15) is 0 Å². The zero-order valence-electron chi connectivity index (χ0n) is 15.1. The second-order valence-corrected chi connectivity index (χ2v) is 6.40. The first-order valence-corrected chi connectivity index (χ1v) is 8.60. The Balaban J connectivity index is 1.44. The maximum absolute atomic E-state index is 12.4. The van der Waals surface area contributed by atoms with Crippen molar-refractivity contribution in [3.63, 3.8) is 0 Å². The van der Waals surface area contributed by atoms with Gasteiger partial charge in [0.05, 0.1) is 11.9 Å². The van der Waals surface area contributed by atoms with Gasteiger partial charge in [-0.1, -0.05) is 17.7 Å². The summed E-state index contributed by atoms with van der Waals surface area (Å²) in [6.45, 7) is 4.23. The fraction of sp³-hybridized carbons (Fsp3) is 0.143. The lowest BCUT2D eigenvalue weighted by molar-refractivity contribution is 0.102. The van der Waals surface area contributed by atoms with E-state index >= 15 is 0 Å². The van der Waals surface area contributed by atoms with E-state index in [1.807, 2.05) is 56.3 Å². The van der Waals surface area contributed by atoms with Gasteiger partial charge in [-0.05, 0) is 49.7 Å². The van der Waals surface area contributed by atoms with Crippen molar-refractivity contribution in [2.45, 2.75) is 13.8 Å². The maximum atomic E-state index is 12.4. The van der Waals surface area contributed by atoms with Gasteiger partial charge in [0.1, 0.15) is 5.69 Å². The summed E-state index contributed by atoms with van der Waals surface area (Å²) in [5.74, 6) is 1.20. The van der Waals surface area contributed by atoms with Gasteiger partial charge in [0.25, 0.3) is 5.91 Å². The number of hydrogen-bond donors (Lipinski definition) is 2. The third-order valence-electron chi connectivity index (χ3n) is 4.29. The van der Waals surface area contributed by atoms with E-state index in [4.69, 9.17) is 9.47 Å². The molecule has 136 valence electrons. The van der Waals surface area contributed by atoms with Gasteiger partial charge in [-0.3, -0.25) is 4.79 Å². The Labute approximate surface area is 157 Å². The van der Waals surface area contributed by atoms with Gasteiger partial charge in [0.2, 0.25) is 6.79 Å². The molecule has 0 atom stereocenters. The van der Waals surface area contributed by atoms with Gasteiger partial charge in [-0.25, -0.2) is 4.98 Å². The molecule has 0 bridgehead atoms. The van der Waals surface area contributed by atoms with Crippen LogP contribution in [0.3, 0.4) is 0 Å². The number of nitrogens with one attached hydrogen (secondary N) is 2. The summed E-state index contributed by atoms with van der Waals surface area (Å²) in [7, 11) is 0. The average Bonchev–Trinajstić information content (AvgIpc) is 3.12. The van der Waals surface area contributed by atoms with E-state index in [-0.39, 0.29) is 12.7 Å². The van der Waals surface area contributed by atoms with Crippen LogP contribution in [0.2, 0.25) is 0 Å². The number of aryl methyl sites for hydroxylation is 2. The van der Waals surface area contributed by atoms with Crippen LogP contribution in [0.4, 0.5) is 17.1 Å². The van der Waals surface area contributed by atoms with E-state index in [1.54, 1.807) is 12.3 Å². The normalized spacial score (nSPS) is 11.9. The monoisotopic (exact) mass is 361 g/mol. The molecule has 1 aliphatic rings. The lowest BCUT2D eigenvalue weighted by Gasteiger charge is -2.10. The Morgan fingerprint density at radius 2 is 1.78 bits per heavy atom. The molecule has 2 N–H and O–H groups in total. The van der Waals surface area contributed by atoms with Gasteiger partial charge in [0, 0.05) is 17.4 Å². The molecule has 3 aromatic rings. The predicted octanol–water partition coefficient (Wildman–Crippen LogP) is 4.42. The highest BCUT2D eigenvalue weighted by atomic mass is 16.7. The topological polar surface area (TPSA) is 72.5 Å². The Hall–Kier alpha value is -3.54.